The average molecular weight is 426 g/mol. The maximum atomic E-state index is 5.72. The zero-order valence-corrected chi connectivity index (χ0v) is 18.5. The van der Waals surface area contributed by atoms with Crippen LogP contribution in [0.15, 0.2) is 42.0 Å². The molecule has 1 atom stereocenters. The summed E-state index contributed by atoms with van der Waals surface area (Å²) in [5.74, 6) is 0.901. The van der Waals surface area contributed by atoms with Crippen molar-refractivity contribution < 1.29 is 0 Å². The Morgan fingerprint density at radius 2 is 1.90 bits per heavy atom. The predicted molar refractivity (Wildman–Crippen MR) is 119 cm³/mol. The van der Waals surface area contributed by atoms with Gasteiger partial charge in [0.05, 0.1) is 17.1 Å². The Bertz CT molecular complexity index is 1010. The molecular weight excluding hydrogens is 398 g/mol. The van der Waals surface area contributed by atoms with E-state index >= 15 is 0 Å². The molecule has 1 aliphatic carbocycles. The van der Waals surface area contributed by atoms with Gasteiger partial charge < -0.3 is 4.57 Å². The summed E-state index contributed by atoms with van der Waals surface area (Å²) in [6, 6.07) is 11.5. The lowest BCUT2D eigenvalue weighted by Crippen LogP contribution is -2.58. The van der Waals surface area contributed by atoms with Gasteiger partial charge in [-0.05, 0) is 30.6 Å². The van der Waals surface area contributed by atoms with Crippen LogP contribution >= 0.6 is 23.6 Å². The molecule has 0 N–H and O–H groups in total. The Balaban J connectivity index is 1.45. The molecule has 1 unspecified atom stereocenters. The van der Waals surface area contributed by atoms with Crippen molar-refractivity contribution in [1.82, 2.24) is 24.2 Å². The van der Waals surface area contributed by atoms with Crippen molar-refractivity contribution in [3.05, 3.63) is 52.4 Å². The summed E-state index contributed by atoms with van der Waals surface area (Å²) < 4.78 is 4.76. The van der Waals surface area contributed by atoms with Crippen LogP contribution in [0.1, 0.15) is 50.1 Å². The molecule has 3 aromatic rings. The average Bonchev–Trinajstić information content (AvgIpc) is 3.25. The third-order valence-corrected chi connectivity index (χ3v) is 7.94. The van der Waals surface area contributed by atoms with Crippen molar-refractivity contribution in [3.63, 3.8) is 0 Å². The van der Waals surface area contributed by atoms with Crippen LogP contribution < -0.4 is 0 Å². The van der Waals surface area contributed by atoms with Gasteiger partial charge in [-0.2, -0.15) is 0 Å². The summed E-state index contributed by atoms with van der Waals surface area (Å²) in [5.41, 5.74) is 3.69. The van der Waals surface area contributed by atoms with Gasteiger partial charge in [0.25, 0.3) is 0 Å². The second kappa shape index (κ2) is 7.78. The van der Waals surface area contributed by atoms with E-state index < -0.39 is 0 Å². The van der Waals surface area contributed by atoms with Crippen LogP contribution in [0.3, 0.4) is 0 Å². The highest BCUT2D eigenvalue weighted by atomic mass is 32.1. The zero-order valence-electron chi connectivity index (χ0n) is 16.8. The Morgan fingerprint density at radius 3 is 2.59 bits per heavy atom. The number of thiazole rings is 1. The van der Waals surface area contributed by atoms with Crippen LogP contribution in [0.2, 0.25) is 0 Å². The monoisotopic (exact) mass is 425 g/mol. The molecule has 1 spiro atoms. The Hall–Kier alpha value is -1.83. The standard InChI is InChI=1S/C22H27N5S2/c1-25-20(18-13-23-15-29-18)24-27(21(25)28)16-26-14-22(11-7-2-3-8-12-22)19(26)17-9-5-4-6-10-17/h4-6,9-10,13,15,19H,2-3,7-8,11-12,14,16H2,1H3. The molecule has 1 aliphatic heterocycles. The molecule has 2 aliphatic rings. The van der Waals surface area contributed by atoms with Crippen LogP contribution in [0.5, 0.6) is 0 Å². The topological polar surface area (TPSA) is 38.9 Å². The van der Waals surface area contributed by atoms with E-state index in [9.17, 15) is 0 Å². The Kier molecular flexibility index (Phi) is 5.14. The first-order valence-corrected chi connectivity index (χ1v) is 11.8. The highest BCUT2D eigenvalue weighted by Gasteiger charge is 2.52. The molecule has 5 nitrogen and oxygen atoms in total. The molecule has 1 saturated heterocycles. The van der Waals surface area contributed by atoms with Crippen molar-refractivity contribution in [2.45, 2.75) is 51.2 Å². The molecule has 7 heteroatoms. The van der Waals surface area contributed by atoms with Gasteiger partial charge in [-0.15, -0.1) is 16.4 Å². The maximum absolute atomic E-state index is 5.72. The molecule has 152 valence electrons. The largest absolute Gasteiger partial charge is 0.302 e. The van der Waals surface area contributed by atoms with Gasteiger partial charge >= 0.3 is 0 Å². The fourth-order valence-corrected chi connectivity index (χ4v) is 6.17. The SMILES string of the molecule is Cn1c(-c2cncs2)nn(CN2CC3(CCCCCC3)C2c2ccccc2)c1=S. The summed E-state index contributed by atoms with van der Waals surface area (Å²) in [7, 11) is 2.00. The van der Waals surface area contributed by atoms with Gasteiger partial charge in [0.1, 0.15) is 0 Å². The fraction of sp³-hybridized carbons (Fsp3) is 0.500. The molecule has 0 amide bonds. The summed E-state index contributed by atoms with van der Waals surface area (Å²) in [6.07, 6.45) is 10.0. The van der Waals surface area contributed by atoms with E-state index in [1.807, 2.05) is 28.0 Å². The number of hydrogen-bond acceptors (Lipinski definition) is 5. The van der Waals surface area contributed by atoms with Crippen LogP contribution in [0, 0.1) is 10.2 Å². The quantitative estimate of drug-likeness (QED) is 0.523. The minimum Gasteiger partial charge on any atom is -0.302 e. The predicted octanol–water partition coefficient (Wildman–Crippen LogP) is 5.43. The molecule has 3 heterocycles. The molecule has 0 bridgehead atoms. The van der Waals surface area contributed by atoms with E-state index in [4.69, 9.17) is 17.3 Å². The number of likely N-dealkylation sites (tertiary alicyclic amines) is 1. The van der Waals surface area contributed by atoms with Crippen molar-refractivity contribution in [1.29, 1.82) is 0 Å². The third-order valence-electron chi connectivity index (χ3n) is 6.69. The van der Waals surface area contributed by atoms with Crippen molar-refractivity contribution >= 4 is 23.6 Å². The van der Waals surface area contributed by atoms with Crippen molar-refractivity contribution in [3.8, 4) is 10.7 Å². The molecule has 0 radical (unpaired) electrons. The first-order valence-electron chi connectivity index (χ1n) is 10.5. The smallest absolute Gasteiger partial charge is 0.199 e. The van der Waals surface area contributed by atoms with Gasteiger partial charge in [-0.3, -0.25) is 9.88 Å². The molecule has 29 heavy (non-hydrogen) atoms. The van der Waals surface area contributed by atoms with E-state index in [2.05, 4.69) is 40.2 Å². The lowest BCUT2D eigenvalue weighted by molar-refractivity contribution is -0.109. The number of benzene rings is 1. The second-order valence-corrected chi connectivity index (χ2v) is 9.76. The lowest BCUT2D eigenvalue weighted by Gasteiger charge is -2.58. The second-order valence-electron chi connectivity index (χ2n) is 8.51. The van der Waals surface area contributed by atoms with Crippen molar-refractivity contribution in [2.75, 3.05) is 6.54 Å². The van der Waals surface area contributed by atoms with Crippen LogP contribution in [0.25, 0.3) is 10.7 Å². The van der Waals surface area contributed by atoms with Gasteiger partial charge in [-0.25, -0.2) is 4.68 Å². The van der Waals surface area contributed by atoms with Gasteiger partial charge in [0.2, 0.25) is 0 Å². The number of hydrogen-bond donors (Lipinski definition) is 0. The molecule has 1 saturated carbocycles. The van der Waals surface area contributed by atoms with Crippen LogP contribution in [-0.4, -0.2) is 30.8 Å². The fourth-order valence-electron chi connectivity index (χ4n) is 5.35. The summed E-state index contributed by atoms with van der Waals surface area (Å²) in [4.78, 5) is 7.82. The van der Waals surface area contributed by atoms with E-state index in [-0.39, 0.29) is 0 Å². The Morgan fingerprint density at radius 1 is 1.14 bits per heavy atom. The van der Waals surface area contributed by atoms with Crippen molar-refractivity contribution in [2.24, 2.45) is 12.5 Å². The van der Waals surface area contributed by atoms with Gasteiger partial charge in [-0.1, -0.05) is 56.0 Å². The molecule has 1 aromatic carbocycles. The van der Waals surface area contributed by atoms with Gasteiger partial charge in [0, 0.05) is 31.2 Å². The minimum absolute atomic E-state index is 0.412. The number of nitrogens with zero attached hydrogens (tertiary/aromatic N) is 5. The lowest BCUT2D eigenvalue weighted by atomic mass is 9.64. The molecule has 2 fully saturated rings. The maximum Gasteiger partial charge on any atom is 0.199 e. The van der Waals surface area contributed by atoms with Crippen LogP contribution in [0.4, 0.5) is 0 Å². The Labute approximate surface area is 181 Å². The normalized spacial score (nSPS) is 21.8. The summed E-state index contributed by atoms with van der Waals surface area (Å²) in [5, 5.41) is 4.86. The van der Waals surface area contributed by atoms with E-state index in [0.717, 1.165) is 28.7 Å². The third kappa shape index (κ3) is 3.39. The summed E-state index contributed by atoms with van der Waals surface area (Å²) >= 11 is 7.32. The molecule has 5 rings (SSSR count). The molecular formula is C22H27N5S2. The van der Waals surface area contributed by atoms with Gasteiger partial charge in [0.15, 0.2) is 10.6 Å². The zero-order chi connectivity index (χ0) is 19.8. The van der Waals surface area contributed by atoms with E-state index in [0.29, 0.717) is 11.5 Å². The first-order chi connectivity index (χ1) is 14.2. The number of rotatable bonds is 4. The highest BCUT2D eigenvalue weighted by molar-refractivity contribution is 7.71. The minimum atomic E-state index is 0.412. The molecule has 2 aromatic heterocycles. The number of aromatic nitrogens is 4. The summed E-state index contributed by atoms with van der Waals surface area (Å²) in [6.45, 7) is 1.88. The highest BCUT2D eigenvalue weighted by Crippen LogP contribution is 2.56. The van der Waals surface area contributed by atoms with Crippen LogP contribution in [-0.2, 0) is 13.7 Å². The van der Waals surface area contributed by atoms with E-state index in [1.165, 1.54) is 44.1 Å². The first kappa shape index (κ1) is 19.2. The van der Waals surface area contributed by atoms with E-state index in [1.54, 1.807) is 11.3 Å².